The fraction of sp³-hybridized carbons (Fsp3) is 0.433. The van der Waals surface area contributed by atoms with Gasteiger partial charge in [0, 0.05) is 11.6 Å². The summed E-state index contributed by atoms with van der Waals surface area (Å²) in [6.45, 7) is 16.5. The first-order chi connectivity index (χ1) is 19.7. The van der Waals surface area contributed by atoms with Crippen LogP contribution in [0.15, 0.2) is 42.7 Å². The van der Waals surface area contributed by atoms with Crippen molar-refractivity contribution in [1.29, 1.82) is 0 Å². The van der Waals surface area contributed by atoms with E-state index in [9.17, 15) is 9.59 Å². The Morgan fingerprint density at radius 3 is 2.10 bits per heavy atom. The molecule has 42 heavy (non-hydrogen) atoms. The van der Waals surface area contributed by atoms with Gasteiger partial charge in [0.1, 0.15) is 40.0 Å². The van der Waals surface area contributed by atoms with Gasteiger partial charge in [-0.05, 0) is 37.3 Å². The summed E-state index contributed by atoms with van der Waals surface area (Å²) in [5, 5.41) is 0. The Bertz CT molecular complexity index is 1400. The summed E-state index contributed by atoms with van der Waals surface area (Å²) >= 11 is 0. The Hall–Kier alpha value is -3.62. The number of hydrogen-bond acceptors (Lipinski definition) is 8. The van der Waals surface area contributed by atoms with Crippen molar-refractivity contribution in [2.75, 3.05) is 27.9 Å². The summed E-state index contributed by atoms with van der Waals surface area (Å²) in [6.07, 6.45) is 1.54. The van der Waals surface area contributed by atoms with Crippen LogP contribution in [0.5, 0.6) is 17.2 Å². The van der Waals surface area contributed by atoms with Crippen LogP contribution in [0.1, 0.15) is 39.0 Å². The van der Waals surface area contributed by atoms with Crippen LogP contribution in [0.4, 0.5) is 0 Å². The number of hydrogen-bond donors (Lipinski definition) is 1. The maximum absolute atomic E-state index is 13.7. The van der Waals surface area contributed by atoms with E-state index in [0.717, 1.165) is 5.56 Å². The van der Waals surface area contributed by atoms with Gasteiger partial charge in [-0.25, -0.2) is 9.78 Å². The van der Waals surface area contributed by atoms with E-state index in [1.165, 1.54) is 6.33 Å². The summed E-state index contributed by atoms with van der Waals surface area (Å²) in [5.41, 5.74) is 2.59. The first-order valence-corrected chi connectivity index (χ1v) is 20.9. The Balaban J connectivity index is 0.000000467. The van der Waals surface area contributed by atoms with Gasteiger partial charge in [-0.15, -0.1) is 0 Å². The van der Waals surface area contributed by atoms with E-state index in [1.54, 1.807) is 62.0 Å². The van der Waals surface area contributed by atoms with Gasteiger partial charge in [0.05, 0.1) is 58.0 Å². The van der Waals surface area contributed by atoms with Crippen LogP contribution in [-0.4, -0.2) is 70.7 Å². The third-order valence-corrected chi connectivity index (χ3v) is 12.3. The topological polar surface area (TPSA) is 104 Å². The highest BCUT2D eigenvalue weighted by molar-refractivity contribution is 6.90. The zero-order valence-electron chi connectivity index (χ0n) is 26.5. The van der Waals surface area contributed by atoms with Gasteiger partial charge in [0.25, 0.3) is 5.91 Å². The second kappa shape index (κ2) is 13.6. The minimum absolute atomic E-state index is 0.152. The average Bonchev–Trinajstić information content (AvgIpc) is 3.29. The molecule has 2 heterocycles. The van der Waals surface area contributed by atoms with E-state index in [4.69, 9.17) is 18.9 Å². The third-order valence-electron chi connectivity index (χ3n) is 6.26. The molecule has 0 spiro atoms. The van der Waals surface area contributed by atoms with Crippen molar-refractivity contribution in [3.8, 4) is 22.9 Å². The lowest BCUT2D eigenvalue weighted by Gasteiger charge is -2.28. The van der Waals surface area contributed by atoms with Crippen LogP contribution in [0.25, 0.3) is 5.69 Å². The van der Waals surface area contributed by atoms with E-state index in [0.29, 0.717) is 34.2 Å². The molecule has 228 valence electrons. The van der Waals surface area contributed by atoms with Crippen LogP contribution in [0.3, 0.4) is 0 Å². The summed E-state index contributed by atoms with van der Waals surface area (Å²) < 4.78 is 26.8. The van der Waals surface area contributed by atoms with Crippen molar-refractivity contribution in [2.45, 2.75) is 59.3 Å². The average molecular weight is 613 g/mol. The van der Waals surface area contributed by atoms with Crippen molar-refractivity contribution >= 4 is 28.3 Å². The van der Waals surface area contributed by atoms with Crippen LogP contribution in [0.2, 0.25) is 39.3 Å². The number of methoxy groups -OCH3 is 3. The molecule has 0 atom stereocenters. The van der Waals surface area contributed by atoms with Crippen molar-refractivity contribution in [3.05, 3.63) is 65.2 Å². The molecule has 1 amide bonds. The van der Waals surface area contributed by atoms with Crippen molar-refractivity contribution < 1.29 is 28.5 Å². The highest BCUT2D eigenvalue weighted by Gasteiger charge is 2.31. The Kier molecular flexibility index (Phi) is 10.6. The molecular weight excluding hydrogens is 569 g/mol. The van der Waals surface area contributed by atoms with Gasteiger partial charge in [0.2, 0.25) is 0 Å². The van der Waals surface area contributed by atoms with Gasteiger partial charge < -0.3 is 28.5 Å². The van der Waals surface area contributed by atoms with Gasteiger partial charge in [-0.1, -0.05) is 39.3 Å². The fourth-order valence-electron chi connectivity index (χ4n) is 4.99. The number of imidazole rings is 1. The predicted molar refractivity (Wildman–Crippen MR) is 169 cm³/mol. The van der Waals surface area contributed by atoms with Gasteiger partial charge in [-0.3, -0.25) is 9.36 Å². The van der Waals surface area contributed by atoms with Crippen LogP contribution < -0.4 is 18.9 Å². The number of benzene rings is 2. The molecule has 10 nitrogen and oxygen atoms in total. The predicted octanol–water partition coefficient (Wildman–Crippen LogP) is 5.48. The maximum Gasteiger partial charge on any atom is 0.358 e. The molecule has 1 aliphatic rings. The standard InChI is InChI=1S/C24H25N3O6.C6H19NSi2/c1-5-33-24(29)22-20-13-26(12-15-6-7-17(31-3)11-21(15)32-4)23(28)18-10-16(30-2)8-9-19(18)27(20)14-25-22;1-8(2,3)7-9(4,5)6/h6-11,14H,5,12-13H2,1-4H3;7H,1-6H3. The Morgan fingerprint density at radius 1 is 0.929 bits per heavy atom. The Morgan fingerprint density at radius 2 is 1.55 bits per heavy atom. The normalized spacial score (nSPS) is 12.8. The molecule has 3 aromatic rings. The first kappa shape index (κ1) is 32.9. The molecule has 0 unspecified atom stereocenters. The molecule has 2 aromatic carbocycles. The molecule has 0 saturated heterocycles. The first-order valence-electron chi connectivity index (χ1n) is 13.9. The molecule has 0 aliphatic carbocycles. The number of nitrogens with zero attached hydrogens (tertiary/aromatic N) is 3. The highest BCUT2D eigenvalue weighted by Crippen LogP contribution is 2.32. The molecule has 0 bridgehead atoms. The van der Waals surface area contributed by atoms with Crippen LogP contribution in [-0.2, 0) is 17.8 Å². The van der Waals surface area contributed by atoms with E-state index in [2.05, 4.69) is 48.9 Å². The zero-order valence-corrected chi connectivity index (χ0v) is 28.5. The molecule has 1 N–H and O–H groups in total. The largest absolute Gasteiger partial charge is 0.497 e. The quantitative estimate of drug-likeness (QED) is 0.250. The zero-order chi connectivity index (χ0) is 31.2. The van der Waals surface area contributed by atoms with Gasteiger partial charge in [0.15, 0.2) is 5.69 Å². The molecule has 1 aromatic heterocycles. The number of esters is 1. The number of amides is 1. The SMILES string of the molecule is CCOC(=O)c1ncn2c1CN(Cc1ccc(OC)cc1OC)C(=O)c1cc(OC)ccc1-2.C[Si](C)(C)N[Si](C)(C)C. The minimum Gasteiger partial charge on any atom is -0.497 e. The second-order valence-corrected chi connectivity index (χ2v) is 22.0. The molecule has 0 saturated carbocycles. The van der Waals surface area contributed by atoms with Crippen molar-refractivity contribution in [2.24, 2.45) is 0 Å². The number of nitrogens with one attached hydrogen (secondary N) is 1. The van der Waals surface area contributed by atoms with E-state index in [1.807, 2.05) is 12.1 Å². The van der Waals surface area contributed by atoms with E-state index in [-0.39, 0.29) is 31.3 Å². The summed E-state index contributed by atoms with van der Waals surface area (Å²) in [4.78, 5) is 32.2. The van der Waals surface area contributed by atoms with E-state index < -0.39 is 22.4 Å². The second-order valence-electron chi connectivity index (χ2n) is 12.0. The maximum atomic E-state index is 13.7. The van der Waals surface area contributed by atoms with E-state index >= 15 is 0 Å². The Labute approximate surface area is 251 Å². The summed E-state index contributed by atoms with van der Waals surface area (Å²) in [6, 6.07) is 10.7. The summed E-state index contributed by atoms with van der Waals surface area (Å²) in [5.74, 6) is 1.06. The molecule has 0 fully saturated rings. The number of fused-ring (bicyclic) bond motifs is 3. The van der Waals surface area contributed by atoms with Gasteiger partial charge >= 0.3 is 5.97 Å². The number of carbonyl (C=O) groups excluding carboxylic acids is 2. The van der Waals surface area contributed by atoms with Crippen molar-refractivity contribution in [1.82, 2.24) is 19.1 Å². The molecule has 4 rings (SSSR count). The highest BCUT2D eigenvalue weighted by atomic mass is 28.4. The number of rotatable bonds is 9. The summed E-state index contributed by atoms with van der Waals surface area (Å²) in [7, 11) is 2.73. The number of carbonyl (C=O) groups is 2. The molecule has 1 aliphatic heterocycles. The molecule has 12 heteroatoms. The van der Waals surface area contributed by atoms with Crippen molar-refractivity contribution in [3.63, 3.8) is 0 Å². The lowest BCUT2D eigenvalue weighted by molar-refractivity contribution is 0.0514. The monoisotopic (exact) mass is 612 g/mol. The molecule has 0 radical (unpaired) electrons. The molecular formula is C30H44N4O6Si2. The minimum atomic E-state index is -0.981. The third kappa shape index (κ3) is 8.23. The van der Waals surface area contributed by atoms with Gasteiger partial charge in [-0.2, -0.15) is 0 Å². The number of aromatic nitrogens is 2. The van der Waals surface area contributed by atoms with Crippen LogP contribution in [0, 0.1) is 0 Å². The number of ether oxygens (including phenoxy) is 4. The lowest BCUT2D eigenvalue weighted by atomic mass is 10.1. The lowest BCUT2D eigenvalue weighted by Crippen LogP contribution is -2.55. The smallest absolute Gasteiger partial charge is 0.358 e. The van der Waals surface area contributed by atoms with Crippen LogP contribution >= 0.6 is 0 Å². The fourth-order valence-corrected chi connectivity index (χ4v) is 14.0.